The predicted octanol–water partition coefficient (Wildman–Crippen LogP) is 13.6. The van der Waals surface area contributed by atoms with Crippen molar-refractivity contribution < 1.29 is 133 Å². The Bertz CT molecular complexity index is 3350. The third-order valence-corrected chi connectivity index (χ3v) is 14.6. The van der Waals surface area contributed by atoms with E-state index >= 15 is 0 Å². The van der Waals surface area contributed by atoms with Crippen LogP contribution in [0.5, 0.6) is 51.7 Å². The number of ketones is 3. The van der Waals surface area contributed by atoms with E-state index in [1.165, 1.54) is 42.1 Å². The first-order valence-electron chi connectivity index (χ1n) is 42.8. The molecule has 0 spiro atoms. The van der Waals surface area contributed by atoms with Crippen molar-refractivity contribution in [2.75, 3.05) is 21.3 Å². The highest BCUT2D eigenvalue weighted by Crippen LogP contribution is 2.39. The maximum atomic E-state index is 11.7. The highest BCUT2D eigenvalue weighted by Gasteiger charge is 2.53. The van der Waals surface area contributed by atoms with Gasteiger partial charge in [0.2, 0.25) is 0 Å². The van der Waals surface area contributed by atoms with Crippen molar-refractivity contribution in [3.63, 3.8) is 0 Å². The van der Waals surface area contributed by atoms with Crippen LogP contribution in [0.2, 0.25) is 0 Å². The summed E-state index contributed by atoms with van der Waals surface area (Å²) in [4.78, 5) is 46.5. The lowest BCUT2D eigenvalue weighted by Crippen LogP contribution is -2.41. The normalized spacial score (nSPS) is 17.7. The molecule has 2 fully saturated rings. The average Bonchev–Trinajstić information content (AvgIpc) is 1.63. The van der Waals surface area contributed by atoms with Gasteiger partial charge in [0.25, 0.3) is 0 Å². The first kappa shape index (κ1) is 40.8. The molecule has 0 aromatic heterocycles. The summed E-state index contributed by atoms with van der Waals surface area (Å²) in [7, 11) is 2.46. The number of aldehydes is 1. The van der Waals surface area contributed by atoms with Crippen LogP contribution in [0, 0.1) is 0 Å². The molecule has 2 saturated heterocycles. The van der Waals surface area contributed by atoms with Gasteiger partial charge in [0.15, 0.2) is 17.3 Å². The van der Waals surface area contributed by atoms with Crippen LogP contribution in [0.1, 0.15) is 181 Å². The minimum absolute atomic E-state index is 0. The molecule has 0 atom stereocenters. The number of methoxy groups -OCH3 is 3. The van der Waals surface area contributed by atoms with E-state index in [1.807, 2.05) is 67.5 Å². The molecule has 454 valence electrons. The zero-order valence-corrected chi connectivity index (χ0v) is 47.6. The summed E-state index contributed by atoms with van der Waals surface area (Å²) in [6.07, 6.45) is 0.757. The number of hydrogen-bond donors (Lipinski definition) is 2. The third kappa shape index (κ3) is 13.5. The summed E-state index contributed by atoms with van der Waals surface area (Å²) in [5, 5.41) is 19.5. The van der Waals surface area contributed by atoms with Crippen LogP contribution in [0.3, 0.4) is 0 Å². The molecule has 0 aliphatic carbocycles. The highest BCUT2D eigenvalue weighted by molar-refractivity contribution is 6.63. The van der Waals surface area contributed by atoms with Crippen molar-refractivity contribution in [2.24, 2.45) is 0 Å². The number of aliphatic hydroxyl groups excluding tert-OH is 1. The lowest BCUT2D eigenvalue weighted by atomic mass is 9.76. The van der Waals surface area contributed by atoms with E-state index in [4.69, 9.17) is 102 Å². The molecule has 2 N–H and O–H groups in total. The van der Waals surface area contributed by atoms with Gasteiger partial charge in [0, 0.05) is 75.7 Å². The third-order valence-electron chi connectivity index (χ3n) is 14.6. The molecule has 6 aromatic rings. The van der Waals surface area contributed by atoms with E-state index in [0.29, 0.717) is 91.6 Å². The Morgan fingerprint density at radius 2 is 0.863 bits per heavy atom. The Labute approximate surface area is 522 Å². The molecular weight excluding hydrogens is 1030 g/mol. The first-order valence-corrected chi connectivity index (χ1v) is 25.8. The second-order valence-electron chi connectivity index (χ2n) is 21.2. The van der Waals surface area contributed by atoms with Crippen LogP contribution < -0.4 is 44.8 Å². The number of Topliss-reactive ketones (excluding diaryl/α,β-unsaturated/α-hetero) is 3. The second-order valence-corrected chi connectivity index (χ2v) is 21.2. The van der Waals surface area contributed by atoms with Crippen LogP contribution in [0.4, 0.5) is 0 Å². The van der Waals surface area contributed by atoms with Crippen LogP contribution in [-0.4, -0.2) is 98.9 Å². The molecule has 3 heterocycles. The molecular formula is C60H103B3O17. The minimum Gasteiger partial charge on any atom is -0.496 e. The van der Waals surface area contributed by atoms with Crippen molar-refractivity contribution in [3.05, 3.63) is 143 Å². The summed E-state index contributed by atoms with van der Waals surface area (Å²) < 4.78 is 233. The lowest BCUT2D eigenvalue weighted by Gasteiger charge is -2.32. The van der Waals surface area contributed by atoms with Crippen LogP contribution in [0.25, 0.3) is 0 Å². The van der Waals surface area contributed by atoms with Crippen molar-refractivity contribution in [1.29, 1.82) is 0 Å². The van der Waals surface area contributed by atoms with E-state index in [9.17, 15) is 29.3 Å². The van der Waals surface area contributed by atoms with Gasteiger partial charge < -0.3 is 61.8 Å². The van der Waals surface area contributed by atoms with E-state index in [1.54, 1.807) is 97.1 Å². The molecule has 0 amide bonds. The van der Waals surface area contributed by atoms with Crippen LogP contribution in [-0.2, 0) is 36.5 Å². The van der Waals surface area contributed by atoms with E-state index in [-0.39, 0.29) is 25.4 Å². The molecule has 0 unspecified atom stereocenters. The first-order chi connectivity index (χ1) is 54.7. The molecule has 20 heteroatoms. The zero-order valence-electron chi connectivity index (χ0n) is 81.6. The Kier molecular flexibility index (Phi) is 12.6. The molecule has 0 saturated carbocycles. The summed E-state index contributed by atoms with van der Waals surface area (Å²) in [5.41, 5.74) is 3.72. The fourth-order valence-corrected chi connectivity index (χ4v) is 8.64. The summed E-state index contributed by atoms with van der Waals surface area (Å²) in [5.74, 6) is 4.37. The molecule has 80 heavy (non-hydrogen) atoms. The highest BCUT2D eigenvalue weighted by atomic mass is 16.7. The fraction of sp³-hybridized carbons (Fsp3) is 0.333. The van der Waals surface area contributed by atoms with Gasteiger partial charge in [-0.2, -0.15) is 0 Å². The average molecular weight is 1160 g/mol. The molecule has 3 aliphatic heterocycles. The minimum atomic E-state index is -0.862. The van der Waals surface area contributed by atoms with Gasteiger partial charge in [0.05, 0.1) is 73.6 Å². The number of carbonyl (C=O) groups is 4. The molecule has 17 nitrogen and oxygen atoms in total. The molecule has 6 aromatic carbocycles. The summed E-state index contributed by atoms with van der Waals surface area (Å²) >= 11 is 0. The van der Waals surface area contributed by atoms with Gasteiger partial charge in [0.1, 0.15) is 58.0 Å². The second kappa shape index (κ2) is 24.6. The van der Waals surface area contributed by atoms with Gasteiger partial charge in [-0.1, -0.05) is 18.2 Å². The number of benzene rings is 6. The lowest BCUT2D eigenvalue weighted by molar-refractivity contribution is 0.00578. The summed E-state index contributed by atoms with van der Waals surface area (Å²) in [6.45, 7) is 20.4. The SMILES string of the molecule is COc1cc(Oc2ccc(B3OC(C)(C)C(C)(C)O3)c(C=O)c2)ccc1C(C)=O.COc1cc(Oc2ccc(B3OC(C)(C)C(C)(C)O3)c(CO)c2)ccc1C(C)=O.COc1cc(Oc2ccc3c(c2)COB3O)ccc1C(C)=O.[2HH].[2H][2H].[2H][2H].[2H][2H].[2H][2H].[2H][2H].[2H][2H].[2H][2H].[2H][2H].[2H][2H].[2H][2H].[2H][2H].[2H][2H].[2H][2H].[2H][2H].[2H][2H].[2H][2H].[2H][2H]. The number of aliphatic hydroxyl groups is 1. The Balaban J connectivity index is -0.000000116. The monoisotopic (exact) mass is 1160 g/mol. The maximum absolute atomic E-state index is 11.7. The molecule has 9 rings (SSSR count). The molecule has 3 aliphatic rings. The Hall–Kier alpha value is -7.29. The van der Waals surface area contributed by atoms with Crippen LogP contribution in [0.15, 0.2) is 109 Å². The molecule has 0 radical (unpaired) electrons. The van der Waals surface area contributed by atoms with Gasteiger partial charge in [-0.15, -0.1) is 0 Å². The maximum Gasteiger partial charge on any atom is 0.495 e. The number of hydrogen-bond acceptors (Lipinski definition) is 17. The van der Waals surface area contributed by atoms with E-state index in [0.717, 1.165) is 22.8 Å². The standard InChI is InChI=1S/C22H27BO6.C22H25BO6.C16H15BO5.18H2/c2*1-14(25)18-9-7-17(12-20(18)26-6)27-16-8-10-19(15(11-16)13-24)23-28-21(2,3)22(4,5)29-23;1-10(18)14-5-3-13(8-16(14)20-2)22-12-4-6-15-11(7-12)9-21-17(15)19;;;;;;;;;;;;;;;;;;/h7-12,24H,13H2,1-6H3;7-13H,1-6H3;3-8,19H,9H2,1-2H3;18*1H/i;;;17*1+1D;1+1. The van der Waals surface area contributed by atoms with Gasteiger partial charge >= 0.3 is 21.4 Å². The van der Waals surface area contributed by atoms with Gasteiger partial charge in [-0.25, -0.2) is 0 Å². The van der Waals surface area contributed by atoms with Crippen molar-refractivity contribution in [2.45, 2.75) is 112 Å². The zero-order chi connectivity index (χ0) is 92.5. The smallest absolute Gasteiger partial charge is 0.495 e. The number of rotatable bonds is 16. The predicted molar refractivity (Wildman–Crippen MR) is 342 cm³/mol. The van der Waals surface area contributed by atoms with Gasteiger partial charge in [-0.3, -0.25) is 19.2 Å². The number of fused-ring (bicyclic) bond motifs is 1. The van der Waals surface area contributed by atoms with Crippen molar-refractivity contribution in [1.82, 2.24) is 0 Å². The Morgan fingerprint density at radius 3 is 1.24 bits per heavy atom. The van der Waals surface area contributed by atoms with Crippen molar-refractivity contribution >= 4 is 61.4 Å². The van der Waals surface area contributed by atoms with E-state index < -0.39 is 43.8 Å². The Morgan fingerprint density at radius 1 is 0.525 bits per heavy atom. The topological polar surface area (TPSA) is 210 Å². The van der Waals surface area contributed by atoms with E-state index in [2.05, 4.69) is 0 Å². The van der Waals surface area contributed by atoms with Crippen LogP contribution >= 0.6 is 0 Å². The largest absolute Gasteiger partial charge is 0.496 e. The molecule has 0 bridgehead atoms. The quantitative estimate of drug-likeness (QED) is 0.0524. The number of ether oxygens (including phenoxy) is 6. The van der Waals surface area contributed by atoms with Gasteiger partial charge in [-0.05, 0) is 176 Å². The summed E-state index contributed by atoms with van der Waals surface area (Å²) in [6, 6.07) is 31.0. The fourth-order valence-electron chi connectivity index (χ4n) is 8.64. The number of carbonyl (C=O) groups excluding carboxylic acids is 4. The van der Waals surface area contributed by atoms with Crippen molar-refractivity contribution in [3.8, 4) is 51.7 Å².